The second-order valence-corrected chi connectivity index (χ2v) is 5.69. The van der Waals surface area contributed by atoms with E-state index in [1.54, 1.807) is 0 Å². The van der Waals surface area contributed by atoms with Gasteiger partial charge in [-0.05, 0) is 50.5 Å². The third-order valence-electron chi connectivity index (χ3n) is 3.88. The van der Waals surface area contributed by atoms with Crippen molar-refractivity contribution in [2.45, 2.75) is 32.2 Å². The Balaban J connectivity index is 1.92. The molecule has 1 amide bonds. The summed E-state index contributed by atoms with van der Waals surface area (Å²) >= 11 is 5.97. The predicted molar refractivity (Wildman–Crippen MR) is 77.7 cm³/mol. The number of aromatic amines is 1. The van der Waals surface area contributed by atoms with Crippen LogP contribution in [0.25, 0.3) is 10.9 Å². The average Bonchev–Trinajstić information content (AvgIpc) is 2.81. The maximum atomic E-state index is 12.5. The van der Waals surface area contributed by atoms with E-state index >= 15 is 0 Å². The van der Waals surface area contributed by atoms with Crippen LogP contribution in [0.1, 0.15) is 36.7 Å². The zero-order valence-electron chi connectivity index (χ0n) is 10.9. The zero-order valence-corrected chi connectivity index (χ0v) is 11.7. The first-order valence-corrected chi connectivity index (χ1v) is 7.12. The molecule has 1 N–H and O–H groups in total. The molecule has 1 aliphatic heterocycles. The van der Waals surface area contributed by atoms with Gasteiger partial charge in [0.25, 0.3) is 5.91 Å². The van der Waals surface area contributed by atoms with Gasteiger partial charge in [0.15, 0.2) is 0 Å². The van der Waals surface area contributed by atoms with Gasteiger partial charge >= 0.3 is 0 Å². The fraction of sp³-hybridized carbons (Fsp3) is 0.400. The molecule has 0 spiro atoms. The molecule has 100 valence electrons. The van der Waals surface area contributed by atoms with Gasteiger partial charge in [0.2, 0.25) is 0 Å². The molecule has 1 aromatic heterocycles. The summed E-state index contributed by atoms with van der Waals surface area (Å²) in [6.45, 7) is 2.98. The molecule has 19 heavy (non-hydrogen) atoms. The molecule has 0 aliphatic carbocycles. The maximum Gasteiger partial charge on any atom is 0.270 e. The lowest BCUT2D eigenvalue weighted by atomic mass is 10.0. The van der Waals surface area contributed by atoms with Crippen molar-refractivity contribution in [2.75, 3.05) is 6.54 Å². The molecule has 0 saturated carbocycles. The van der Waals surface area contributed by atoms with E-state index in [9.17, 15) is 4.79 Å². The molecule has 1 saturated heterocycles. The maximum absolute atomic E-state index is 12.5. The number of hydrogen-bond donors (Lipinski definition) is 1. The minimum absolute atomic E-state index is 0.0968. The summed E-state index contributed by atoms with van der Waals surface area (Å²) in [5, 5.41) is 1.68. The highest BCUT2D eigenvalue weighted by Crippen LogP contribution is 2.23. The summed E-state index contributed by atoms with van der Waals surface area (Å²) in [4.78, 5) is 17.7. The molecule has 1 unspecified atom stereocenters. The Morgan fingerprint density at radius 1 is 1.37 bits per heavy atom. The van der Waals surface area contributed by atoms with Gasteiger partial charge in [0.05, 0.1) is 0 Å². The molecule has 3 nitrogen and oxygen atoms in total. The van der Waals surface area contributed by atoms with Crippen LogP contribution in [0.5, 0.6) is 0 Å². The van der Waals surface area contributed by atoms with E-state index in [1.807, 2.05) is 29.2 Å². The fourth-order valence-electron chi connectivity index (χ4n) is 2.77. The van der Waals surface area contributed by atoms with Crippen LogP contribution in [0, 0.1) is 0 Å². The minimum Gasteiger partial charge on any atom is -0.351 e. The number of piperidine rings is 1. The van der Waals surface area contributed by atoms with Crippen molar-refractivity contribution in [3.8, 4) is 0 Å². The van der Waals surface area contributed by atoms with Crippen molar-refractivity contribution in [2.24, 2.45) is 0 Å². The zero-order chi connectivity index (χ0) is 13.4. The van der Waals surface area contributed by atoms with E-state index < -0.39 is 0 Å². The molecule has 0 radical (unpaired) electrons. The molecule has 1 aliphatic rings. The van der Waals surface area contributed by atoms with E-state index in [0.29, 0.717) is 16.8 Å². The summed E-state index contributed by atoms with van der Waals surface area (Å²) in [7, 11) is 0. The van der Waals surface area contributed by atoms with Crippen LogP contribution in [0.4, 0.5) is 0 Å². The number of benzene rings is 1. The van der Waals surface area contributed by atoms with Gasteiger partial charge in [-0.1, -0.05) is 11.6 Å². The fourth-order valence-corrected chi connectivity index (χ4v) is 2.95. The first-order valence-electron chi connectivity index (χ1n) is 6.74. The number of likely N-dealkylation sites (tertiary alicyclic amines) is 1. The van der Waals surface area contributed by atoms with Gasteiger partial charge in [-0.3, -0.25) is 4.79 Å². The molecule has 3 rings (SSSR count). The van der Waals surface area contributed by atoms with Crippen molar-refractivity contribution < 1.29 is 4.79 Å². The molecule has 0 bridgehead atoms. The van der Waals surface area contributed by atoms with Crippen LogP contribution in [-0.2, 0) is 0 Å². The Bertz CT molecular complexity index is 620. The van der Waals surface area contributed by atoms with Crippen LogP contribution < -0.4 is 0 Å². The van der Waals surface area contributed by atoms with Crippen molar-refractivity contribution in [1.82, 2.24) is 9.88 Å². The number of hydrogen-bond acceptors (Lipinski definition) is 1. The smallest absolute Gasteiger partial charge is 0.270 e. The van der Waals surface area contributed by atoms with E-state index in [2.05, 4.69) is 11.9 Å². The average molecular weight is 277 g/mol. The van der Waals surface area contributed by atoms with Crippen molar-refractivity contribution >= 4 is 28.4 Å². The lowest BCUT2D eigenvalue weighted by molar-refractivity contribution is 0.0630. The van der Waals surface area contributed by atoms with Gasteiger partial charge in [0, 0.05) is 28.5 Å². The van der Waals surface area contributed by atoms with Gasteiger partial charge in [-0.25, -0.2) is 0 Å². The molecule has 4 heteroatoms. The monoisotopic (exact) mass is 276 g/mol. The summed E-state index contributed by atoms with van der Waals surface area (Å²) in [5.74, 6) is 0.0968. The van der Waals surface area contributed by atoms with Gasteiger partial charge in [0.1, 0.15) is 5.69 Å². The molecule has 2 aromatic rings. The third kappa shape index (κ3) is 2.35. The molecular weight excluding hydrogens is 260 g/mol. The van der Waals surface area contributed by atoms with Crippen molar-refractivity contribution in [1.29, 1.82) is 0 Å². The molecule has 1 aromatic carbocycles. The molecule has 2 heterocycles. The number of halogens is 1. The van der Waals surface area contributed by atoms with Gasteiger partial charge in [-0.15, -0.1) is 0 Å². The summed E-state index contributed by atoms with van der Waals surface area (Å²) < 4.78 is 0. The SMILES string of the molecule is CC1CCCCN1C(=O)c1cc2cc(Cl)ccc2[nH]1. The normalized spacial score (nSPS) is 19.9. The second kappa shape index (κ2) is 4.89. The van der Waals surface area contributed by atoms with E-state index in [1.165, 1.54) is 6.42 Å². The van der Waals surface area contributed by atoms with E-state index in [0.717, 1.165) is 30.3 Å². The predicted octanol–water partition coefficient (Wildman–Crippen LogP) is 3.84. The lowest BCUT2D eigenvalue weighted by Gasteiger charge is -2.33. The number of amides is 1. The van der Waals surface area contributed by atoms with Gasteiger partial charge in [-0.2, -0.15) is 0 Å². The lowest BCUT2D eigenvalue weighted by Crippen LogP contribution is -2.42. The van der Waals surface area contributed by atoms with E-state index in [-0.39, 0.29) is 5.91 Å². The van der Waals surface area contributed by atoms with Crippen molar-refractivity contribution in [3.05, 3.63) is 35.0 Å². The van der Waals surface area contributed by atoms with Crippen molar-refractivity contribution in [3.63, 3.8) is 0 Å². The number of aromatic nitrogens is 1. The number of nitrogens with one attached hydrogen (secondary N) is 1. The Hall–Kier alpha value is -1.48. The van der Waals surface area contributed by atoms with Crippen LogP contribution in [0.15, 0.2) is 24.3 Å². The topological polar surface area (TPSA) is 36.1 Å². The number of carbonyl (C=O) groups excluding carboxylic acids is 1. The number of rotatable bonds is 1. The molecular formula is C15H17ClN2O. The molecule has 1 atom stereocenters. The van der Waals surface area contributed by atoms with Crippen LogP contribution >= 0.6 is 11.6 Å². The Labute approximate surface area is 117 Å². The highest BCUT2D eigenvalue weighted by Gasteiger charge is 2.25. The third-order valence-corrected chi connectivity index (χ3v) is 4.11. The summed E-state index contributed by atoms with van der Waals surface area (Å²) in [6, 6.07) is 7.84. The van der Waals surface area contributed by atoms with Crippen LogP contribution in [0.3, 0.4) is 0 Å². The van der Waals surface area contributed by atoms with Gasteiger partial charge < -0.3 is 9.88 Å². The highest BCUT2D eigenvalue weighted by atomic mass is 35.5. The largest absolute Gasteiger partial charge is 0.351 e. The first kappa shape index (κ1) is 12.5. The minimum atomic E-state index is 0.0968. The number of fused-ring (bicyclic) bond motifs is 1. The first-order chi connectivity index (χ1) is 9.15. The second-order valence-electron chi connectivity index (χ2n) is 5.26. The van der Waals surface area contributed by atoms with E-state index in [4.69, 9.17) is 11.6 Å². The Morgan fingerprint density at radius 2 is 2.21 bits per heavy atom. The number of H-pyrrole nitrogens is 1. The van der Waals surface area contributed by atoms with Crippen LogP contribution in [-0.4, -0.2) is 28.4 Å². The number of nitrogens with zero attached hydrogens (tertiary/aromatic N) is 1. The van der Waals surface area contributed by atoms with Crippen LogP contribution in [0.2, 0.25) is 5.02 Å². The summed E-state index contributed by atoms with van der Waals surface area (Å²) in [5.41, 5.74) is 1.61. The number of carbonyl (C=O) groups is 1. The quantitative estimate of drug-likeness (QED) is 0.844. The molecule has 1 fully saturated rings. The standard InChI is InChI=1S/C15H17ClN2O/c1-10-4-2-3-7-18(10)15(19)14-9-11-8-12(16)5-6-13(11)17-14/h5-6,8-10,17H,2-4,7H2,1H3. The Kier molecular flexibility index (Phi) is 3.23. The highest BCUT2D eigenvalue weighted by molar-refractivity contribution is 6.31. The Morgan fingerprint density at radius 3 is 3.00 bits per heavy atom. The summed E-state index contributed by atoms with van der Waals surface area (Å²) in [6.07, 6.45) is 3.41.